The summed E-state index contributed by atoms with van der Waals surface area (Å²) in [6, 6.07) is 18.5. The third-order valence-electron chi connectivity index (χ3n) is 6.42. The number of ether oxygens (including phenoxy) is 2. The van der Waals surface area contributed by atoms with Crippen LogP contribution in [0.25, 0.3) is 0 Å². The highest BCUT2D eigenvalue weighted by Crippen LogP contribution is 2.44. The Morgan fingerprint density at radius 3 is 2.50 bits per heavy atom. The molecule has 1 aliphatic rings. The number of fused-ring (bicyclic) bond motifs is 1. The first kappa shape index (κ1) is 23.8. The van der Waals surface area contributed by atoms with Gasteiger partial charge in [0.25, 0.3) is 0 Å². The molecule has 3 aromatic carbocycles. The van der Waals surface area contributed by atoms with Crippen molar-refractivity contribution in [2.75, 3.05) is 18.6 Å². The van der Waals surface area contributed by atoms with Crippen molar-refractivity contribution >= 4 is 17.6 Å². The number of hydrogen-bond donors (Lipinski definition) is 0. The Bertz CT molecular complexity index is 1170. The van der Waals surface area contributed by atoms with Crippen LogP contribution in [0, 0.1) is 5.82 Å². The molecule has 3 aromatic rings. The van der Waals surface area contributed by atoms with Crippen LogP contribution in [0.4, 0.5) is 15.8 Å². The Hall–Kier alpha value is -3.34. The lowest BCUT2D eigenvalue weighted by molar-refractivity contribution is 0.375. The highest BCUT2D eigenvalue weighted by molar-refractivity contribution is 5.84. The van der Waals surface area contributed by atoms with E-state index in [0.717, 1.165) is 36.5 Å². The fourth-order valence-corrected chi connectivity index (χ4v) is 4.81. The SMILES string of the molecule is CCCN1c2cc(F)c(C=Nc3ccc(Oc4cccc(OC)c4)cc3)cc2C(C)CC1(C)C. The molecular weight excluding hydrogens is 427 g/mol. The zero-order chi connectivity index (χ0) is 24.3. The van der Waals surface area contributed by atoms with Gasteiger partial charge in [-0.15, -0.1) is 0 Å². The van der Waals surface area contributed by atoms with Gasteiger partial charge in [-0.05, 0) is 86.7 Å². The molecule has 178 valence electrons. The highest BCUT2D eigenvalue weighted by atomic mass is 19.1. The number of hydrogen-bond acceptors (Lipinski definition) is 4. The fraction of sp³-hybridized carbons (Fsp3) is 0.345. The van der Waals surface area contributed by atoms with Crippen LogP contribution >= 0.6 is 0 Å². The van der Waals surface area contributed by atoms with E-state index in [4.69, 9.17) is 9.47 Å². The molecule has 1 atom stereocenters. The van der Waals surface area contributed by atoms with Crippen molar-refractivity contribution in [3.05, 3.63) is 77.6 Å². The molecular formula is C29H33FN2O2. The van der Waals surface area contributed by atoms with Gasteiger partial charge in [0.05, 0.1) is 12.8 Å². The van der Waals surface area contributed by atoms with E-state index in [-0.39, 0.29) is 11.4 Å². The Labute approximate surface area is 202 Å². The standard InChI is InChI=1S/C29H33FN2O2/c1-6-14-32-28-17-27(30)21(15-26(28)20(2)18-29(32,3)4)19-31-22-10-12-23(13-11-22)34-25-9-7-8-24(16-25)33-5/h7-13,15-17,19-20H,6,14,18H2,1-5H3. The van der Waals surface area contributed by atoms with Crippen LogP contribution < -0.4 is 14.4 Å². The minimum absolute atomic E-state index is 0.0131. The van der Waals surface area contributed by atoms with Crippen LogP contribution in [0.1, 0.15) is 57.6 Å². The lowest BCUT2D eigenvalue weighted by atomic mass is 9.79. The quantitative estimate of drug-likeness (QED) is 0.336. The molecule has 1 heterocycles. The van der Waals surface area contributed by atoms with E-state index in [2.05, 4.69) is 37.6 Å². The van der Waals surface area contributed by atoms with Gasteiger partial charge < -0.3 is 14.4 Å². The first-order valence-electron chi connectivity index (χ1n) is 11.9. The maximum Gasteiger partial charge on any atom is 0.134 e. The van der Waals surface area contributed by atoms with Crippen LogP contribution in [-0.2, 0) is 0 Å². The lowest BCUT2D eigenvalue weighted by Crippen LogP contribution is -2.48. The van der Waals surface area contributed by atoms with Gasteiger partial charge in [0.15, 0.2) is 0 Å². The molecule has 0 aromatic heterocycles. The smallest absolute Gasteiger partial charge is 0.134 e. The van der Waals surface area contributed by atoms with E-state index >= 15 is 4.39 Å². The molecule has 0 saturated carbocycles. The number of rotatable bonds is 7. The van der Waals surface area contributed by atoms with Crippen molar-refractivity contribution in [2.45, 2.75) is 52.0 Å². The van der Waals surface area contributed by atoms with E-state index < -0.39 is 0 Å². The first-order chi connectivity index (χ1) is 16.3. The Kier molecular flexibility index (Phi) is 6.92. The molecule has 34 heavy (non-hydrogen) atoms. The van der Waals surface area contributed by atoms with Gasteiger partial charge in [0, 0.05) is 35.6 Å². The number of nitrogens with zero attached hydrogens (tertiary/aromatic N) is 2. The molecule has 0 amide bonds. The third-order valence-corrected chi connectivity index (χ3v) is 6.42. The molecule has 0 N–H and O–H groups in total. The molecule has 0 saturated heterocycles. The van der Waals surface area contributed by atoms with Gasteiger partial charge in [-0.3, -0.25) is 4.99 Å². The second-order valence-electron chi connectivity index (χ2n) is 9.53. The van der Waals surface area contributed by atoms with Crippen LogP contribution in [0.2, 0.25) is 0 Å². The summed E-state index contributed by atoms with van der Waals surface area (Å²) < 4.78 is 26.2. The Balaban J connectivity index is 1.53. The van der Waals surface area contributed by atoms with Gasteiger partial charge >= 0.3 is 0 Å². The summed E-state index contributed by atoms with van der Waals surface area (Å²) >= 11 is 0. The fourth-order valence-electron chi connectivity index (χ4n) is 4.81. The summed E-state index contributed by atoms with van der Waals surface area (Å²) in [5, 5.41) is 0. The van der Waals surface area contributed by atoms with Crippen LogP contribution in [-0.4, -0.2) is 25.4 Å². The zero-order valence-electron chi connectivity index (χ0n) is 20.6. The van der Waals surface area contributed by atoms with Crippen LogP contribution in [0.5, 0.6) is 17.2 Å². The average molecular weight is 461 g/mol. The minimum atomic E-state index is -0.244. The number of halogens is 1. The average Bonchev–Trinajstić information content (AvgIpc) is 2.81. The van der Waals surface area contributed by atoms with Crippen molar-refractivity contribution < 1.29 is 13.9 Å². The maximum atomic E-state index is 15.1. The van der Waals surface area contributed by atoms with E-state index in [9.17, 15) is 0 Å². The molecule has 0 radical (unpaired) electrons. The minimum Gasteiger partial charge on any atom is -0.497 e. The van der Waals surface area contributed by atoms with Crippen molar-refractivity contribution in [2.24, 2.45) is 4.99 Å². The highest BCUT2D eigenvalue weighted by Gasteiger charge is 2.36. The molecule has 0 aliphatic carbocycles. The molecule has 0 fully saturated rings. The molecule has 4 rings (SSSR count). The summed E-state index contributed by atoms with van der Waals surface area (Å²) in [6.07, 6.45) is 3.68. The van der Waals surface area contributed by atoms with E-state index in [1.54, 1.807) is 19.4 Å². The summed E-state index contributed by atoms with van der Waals surface area (Å²) in [5.74, 6) is 2.24. The summed E-state index contributed by atoms with van der Waals surface area (Å²) in [6.45, 7) is 9.81. The maximum absolute atomic E-state index is 15.1. The monoisotopic (exact) mass is 460 g/mol. The number of methoxy groups -OCH3 is 1. The largest absolute Gasteiger partial charge is 0.497 e. The van der Waals surface area contributed by atoms with Crippen molar-refractivity contribution in [1.82, 2.24) is 0 Å². The summed E-state index contributed by atoms with van der Waals surface area (Å²) in [4.78, 5) is 6.87. The number of aliphatic imine (C=N–C) groups is 1. The third kappa shape index (κ3) is 5.09. The summed E-state index contributed by atoms with van der Waals surface area (Å²) in [5.41, 5.74) is 3.46. The van der Waals surface area contributed by atoms with E-state index in [1.807, 2.05) is 54.6 Å². The van der Waals surface area contributed by atoms with Crippen molar-refractivity contribution in [3.63, 3.8) is 0 Å². The topological polar surface area (TPSA) is 34.1 Å². The molecule has 0 spiro atoms. The predicted octanol–water partition coefficient (Wildman–Crippen LogP) is 7.88. The normalized spacial score (nSPS) is 17.0. The summed E-state index contributed by atoms with van der Waals surface area (Å²) in [7, 11) is 1.62. The van der Waals surface area contributed by atoms with Gasteiger partial charge in [-0.25, -0.2) is 4.39 Å². The molecule has 1 aliphatic heterocycles. The first-order valence-corrected chi connectivity index (χ1v) is 11.9. The van der Waals surface area contributed by atoms with Gasteiger partial charge in [0.1, 0.15) is 23.1 Å². The van der Waals surface area contributed by atoms with E-state index in [1.165, 1.54) is 5.56 Å². The van der Waals surface area contributed by atoms with Gasteiger partial charge in [0.2, 0.25) is 0 Å². The van der Waals surface area contributed by atoms with Crippen molar-refractivity contribution in [3.8, 4) is 17.2 Å². The second-order valence-corrected chi connectivity index (χ2v) is 9.53. The molecule has 4 nitrogen and oxygen atoms in total. The lowest BCUT2D eigenvalue weighted by Gasteiger charge is -2.47. The zero-order valence-corrected chi connectivity index (χ0v) is 20.6. The Morgan fingerprint density at radius 2 is 1.79 bits per heavy atom. The van der Waals surface area contributed by atoms with Crippen molar-refractivity contribution in [1.29, 1.82) is 0 Å². The van der Waals surface area contributed by atoms with Crippen LogP contribution in [0.3, 0.4) is 0 Å². The van der Waals surface area contributed by atoms with E-state index in [0.29, 0.717) is 23.0 Å². The Morgan fingerprint density at radius 1 is 1.06 bits per heavy atom. The molecule has 5 heteroatoms. The van der Waals surface area contributed by atoms with Gasteiger partial charge in [-0.2, -0.15) is 0 Å². The molecule has 1 unspecified atom stereocenters. The molecule has 0 bridgehead atoms. The second kappa shape index (κ2) is 9.88. The number of anilines is 1. The number of benzene rings is 3. The van der Waals surface area contributed by atoms with Gasteiger partial charge in [-0.1, -0.05) is 19.9 Å². The van der Waals surface area contributed by atoms with Crippen LogP contribution in [0.15, 0.2) is 65.7 Å². The predicted molar refractivity (Wildman–Crippen MR) is 138 cm³/mol.